The van der Waals surface area contributed by atoms with E-state index in [-0.39, 0.29) is 0 Å². The van der Waals surface area contributed by atoms with Crippen molar-refractivity contribution in [1.29, 1.82) is 0 Å². The molecule has 2 nitrogen and oxygen atoms in total. The molecule has 2 N–H and O–H groups in total. The van der Waals surface area contributed by atoms with E-state index in [1.165, 1.54) is 18.5 Å². The summed E-state index contributed by atoms with van der Waals surface area (Å²) in [5.41, 5.74) is 8.97. The van der Waals surface area contributed by atoms with E-state index in [1.807, 2.05) is 18.2 Å². The van der Waals surface area contributed by atoms with Crippen molar-refractivity contribution >= 4 is 23.0 Å². The van der Waals surface area contributed by atoms with Crippen LogP contribution in [0.2, 0.25) is 5.02 Å². The van der Waals surface area contributed by atoms with Gasteiger partial charge >= 0.3 is 0 Å². The summed E-state index contributed by atoms with van der Waals surface area (Å²) in [5, 5.41) is 0.698. The summed E-state index contributed by atoms with van der Waals surface area (Å²) in [5.74, 6) is 0. The zero-order valence-electron chi connectivity index (χ0n) is 11.8. The Morgan fingerprint density at radius 1 is 1.10 bits per heavy atom. The number of para-hydroxylation sites is 1. The van der Waals surface area contributed by atoms with Crippen molar-refractivity contribution in [2.24, 2.45) is 0 Å². The van der Waals surface area contributed by atoms with Crippen LogP contribution in [-0.4, -0.2) is 6.54 Å². The number of anilines is 2. The van der Waals surface area contributed by atoms with Gasteiger partial charge in [0.2, 0.25) is 0 Å². The molecule has 0 bridgehead atoms. The summed E-state index contributed by atoms with van der Waals surface area (Å²) in [4.78, 5) is 2.37. The van der Waals surface area contributed by atoms with Crippen LogP contribution in [0.25, 0.3) is 0 Å². The molecule has 0 aliphatic heterocycles. The molecule has 106 valence electrons. The van der Waals surface area contributed by atoms with Crippen LogP contribution >= 0.6 is 11.6 Å². The van der Waals surface area contributed by atoms with Crippen LogP contribution in [0.4, 0.5) is 11.4 Å². The highest BCUT2D eigenvalue weighted by molar-refractivity contribution is 6.30. The van der Waals surface area contributed by atoms with E-state index in [9.17, 15) is 0 Å². The summed E-state index contributed by atoms with van der Waals surface area (Å²) < 4.78 is 0. The van der Waals surface area contributed by atoms with Crippen molar-refractivity contribution in [2.75, 3.05) is 17.2 Å². The minimum absolute atomic E-state index is 0.698. The first-order valence-corrected chi connectivity index (χ1v) is 7.42. The molecular formula is C17H21ClN2. The van der Waals surface area contributed by atoms with Gasteiger partial charge in [-0.05, 0) is 42.3 Å². The standard InChI is InChI=1S/C17H21ClN2/c1-2-3-9-20(17-7-5-4-6-8-17)13-14-10-15(18)12-16(19)11-14/h4-8,10-12H,2-3,9,13,19H2,1H3. The Morgan fingerprint density at radius 2 is 1.85 bits per heavy atom. The zero-order chi connectivity index (χ0) is 14.4. The average Bonchev–Trinajstić information content (AvgIpc) is 2.43. The van der Waals surface area contributed by atoms with E-state index >= 15 is 0 Å². The monoisotopic (exact) mass is 288 g/mol. The van der Waals surface area contributed by atoms with Crippen LogP contribution in [0.5, 0.6) is 0 Å². The number of rotatable bonds is 6. The molecule has 2 rings (SSSR count). The van der Waals surface area contributed by atoms with E-state index < -0.39 is 0 Å². The van der Waals surface area contributed by atoms with Crippen molar-refractivity contribution in [1.82, 2.24) is 0 Å². The van der Waals surface area contributed by atoms with Crippen LogP contribution in [0.15, 0.2) is 48.5 Å². The van der Waals surface area contributed by atoms with Crippen molar-refractivity contribution in [3.05, 3.63) is 59.1 Å². The Kier molecular flexibility index (Phi) is 5.31. The van der Waals surface area contributed by atoms with Crippen LogP contribution in [0, 0.1) is 0 Å². The third kappa shape index (κ3) is 4.17. The van der Waals surface area contributed by atoms with Gasteiger partial charge in [-0.25, -0.2) is 0 Å². The Hall–Kier alpha value is -1.67. The molecule has 0 radical (unpaired) electrons. The smallest absolute Gasteiger partial charge is 0.0430 e. The number of halogens is 1. The second kappa shape index (κ2) is 7.20. The third-order valence-corrected chi connectivity index (χ3v) is 3.47. The summed E-state index contributed by atoms with van der Waals surface area (Å²) in [6, 6.07) is 16.2. The van der Waals surface area contributed by atoms with E-state index in [0.717, 1.165) is 24.3 Å². The van der Waals surface area contributed by atoms with E-state index in [4.69, 9.17) is 17.3 Å². The van der Waals surface area contributed by atoms with Crippen LogP contribution < -0.4 is 10.6 Å². The number of nitrogens with two attached hydrogens (primary N) is 1. The lowest BCUT2D eigenvalue weighted by Gasteiger charge is -2.25. The normalized spacial score (nSPS) is 10.5. The maximum absolute atomic E-state index is 6.09. The molecule has 0 saturated heterocycles. The van der Waals surface area contributed by atoms with Gasteiger partial charge in [0.05, 0.1) is 0 Å². The second-order valence-electron chi connectivity index (χ2n) is 5.00. The predicted octanol–water partition coefficient (Wildman–Crippen LogP) is 4.73. The van der Waals surface area contributed by atoms with Crippen LogP contribution in [0.1, 0.15) is 25.3 Å². The van der Waals surface area contributed by atoms with Gasteiger partial charge in [-0.15, -0.1) is 0 Å². The first kappa shape index (κ1) is 14.7. The van der Waals surface area contributed by atoms with Gasteiger partial charge in [-0.1, -0.05) is 43.1 Å². The summed E-state index contributed by atoms with van der Waals surface area (Å²) in [7, 11) is 0. The molecule has 0 spiro atoms. The van der Waals surface area contributed by atoms with Crippen LogP contribution in [-0.2, 0) is 6.54 Å². The number of nitrogens with zero attached hydrogens (tertiary/aromatic N) is 1. The molecule has 0 aromatic heterocycles. The SMILES string of the molecule is CCCCN(Cc1cc(N)cc(Cl)c1)c1ccccc1. The van der Waals surface area contributed by atoms with Crippen LogP contribution in [0.3, 0.4) is 0 Å². The quantitative estimate of drug-likeness (QED) is 0.779. The Morgan fingerprint density at radius 3 is 2.50 bits per heavy atom. The number of benzene rings is 2. The van der Waals surface area contributed by atoms with Gasteiger partial charge in [-0.3, -0.25) is 0 Å². The molecule has 2 aromatic rings. The average molecular weight is 289 g/mol. The Bertz CT molecular complexity index is 520. The third-order valence-electron chi connectivity index (χ3n) is 3.26. The fourth-order valence-corrected chi connectivity index (χ4v) is 2.54. The Labute approximate surface area is 126 Å². The lowest BCUT2D eigenvalue weighted by molar-refractivity contribution is 0.716. The molecule has 0 aliphatic rings. The highest BCUT2D eigenvalue weighted by Crippen LogP contribution is 2.21. The molecule has 3 heteroatoms. The second-order valence-corrected chi connectivity index (χ2v) is 5.44. The molecule has 0 amide bonds. The van der Waals surface area contributed by atoms with E-state index in [2.05, 4.69) is 36.1 Å². The number of unbranched alkanes of at least 4 members (excludes halogenated alkanes) is 1. The fraction of sp³-hybridized carbons (Fsp3) is 0.294. The molecule has 20 heavy (non-hydrogen) atoms. The van der Waals surface area contributed by atoms with Gasteiger partial charge in [-0.2, -0.15) is 0 Å². The van der Waals surface area contributed by atoms with Gasteiger partial charge in [0.1, 0.15) is 0 Å². The minimum atomic E-state index is 0.698. The van der Waals surface area contributed by atoms with Gasteiger partial charge in [0.25, 0.3) is 0 Å². The molecule has 0 heterocycles. The largest absolute Gasteiger partial charge is 0.399 e. The Balaban J connectivity index is 2.19. The van der Waals surface area contributed by atoms with Gasteiger partial charge in [0, 0.05) is 29.5 Å². The molecule has 0 aliphatic carbocycles. The van der Waals surface area contributed by atoms with E-state index in [0.29, 0.717) is 5.02 Å². The molecular weight excluding hydrogens is 268 g/mol. The van der Waals surface area contributed by atoms with Gasteiger partial charge < -0.3 is 10.6 Å². The number of nitrogen functional groups attached to an aromatic ring is 1. The summed E-state index contributed by atoms with van der Waals surface area (Å²) in [6.45, 7) is 4.07. The predicted molar refractivity (Wildman–Crippen MR) is 88.3 cm³/mol. The van der Waals surface area contributed by atoms with Crippen molar-refractivity contribution in [3.63, 3.8) is 0 Å². The summed E-state index contributed by atoms with van der Waals surface area (Å²) >= 11 is 6.09. The highest BCUT2D eigenvalue weighted by Gasteiger charge is 2.07. The maximum atomic E-state index is 6.09. The lowest BCUT2D eigenvalue weighted by atomic mass is 10.1. The minimum Gasteiger partial charge on any atom is -0.399 e. The van der Waals surface area contributed by atoms with Crippen molar-refractivity contribution in [3.8, 4) is 0 Å². The van der Waals surface area contributed by atoms with Gasteiger partial charge in [0.15, 0.2) is 0 Å². The van der Waals surface area contributed by atoms with Crippen molar-refractivity contribution < 1.29 is 0 Å². The summed E-state index contributed by atoms with van der Waals surface area (Å²) in [6.07, 6.45) is 2.35. The lowest BCUT2D eigenvalue weighted by Crippen LogP contribution is -2.23. The fourth-order valence-electron chi connectivity index (χ4n) is 2.27. The molecule has 0 saturated carbocycles. The van der Waals surface area contributed by atoms with Crippen molar-refractivity contribution in [2.45, 2.75) is 26.3 Å². The molecule has 2 aromatic carbocycles. The molecule has 0 unspecified atom stereocenters. The number of hydrogen-bond acceptors (Lipinski definition) is 2. The maximum Gasteiger partial charge on any atom is 0.0430 e. The number of hydrogen-bond donors (Lipinski definition) is 1. The highest BCUT2D eigenvalue weighted by atomic mass is 35.5. The first-order valence-electron chi connectivity index (χ1n) is 7.04. The van der Waals surface area contributed by atoms with E-state index in [1.54, 1.807) is 6.07 Å². The first-order chi connectivity index (χ1) is 9.69. The topological polar surface area (TPSA) is 29.3 Å². The zero-order valence-corrected chi connectivity index (χ0v) is 12.6. The molecule has 0 atom stereocenters. The molecule has 0 fully saturated rings.